The van der Waals surface area contributed by atoms with Crippen LogP contribution < -0.4 is 5.32 Å². The SMILES string of the molecule is CCN(C(C)COC)S(=O)(=O)c1cc(CNC)ccc1Cl. The van der Waals surface area contributed by atoms with Gasteiger partial charge in [0.25, 0.3) is 0 Å². The number of rotatable bonds is 8. The van der Waals surface area contributed by atoms with Gasteiger partial charge < -0.3 is 10.1 Å². The molecular formula is C14H23ClN2O3S. The van der Waals surface area contributed by atoms with Gasteiger partial charge in [0.2, 0.25) is 10.0 Å². The van der Waals surface area contributed by atoms with Gasteiger partial charge >= 0.3 is 0 Å². The maximum Gasteiger partial charge on any atom is 0.244 e. The fourth-order valence-electron chi connectivity index (χ4n) is 2.23. The van der Waals surface area contributed by atoms with E-state index in [4.69, 9.17) is 16.3 Å². The zero-order valence-electron chi connectivity index (χ0n) is 12.9. The van der Waals surface area contributed by atoms with Crippen molar-refractivity contribution >= 4 is 21.6 Å². The Balaban J connectivity index is 3.24. The number of ether oxygens (including phenoxy) is 1. The molecule has 0 radical (unpaired) electrons. The standard InChI is InChI=1S/C14H23ClN2O3S/c1-5-17(11(2)10-20-4)21(18,19)14-8-12(9-16-3)6-7-13(14)15/h6-8,11,16H,5,9-10H2,1-4H3. The Morgan fingerprint density at radius 1 is 1.43 bits per heavy atom. The number of methoxy groups -OCH3 is 1. The Morgan fingerprint density at radius 3 is 2.62 bits per heavy atom. The van der Waals surface area contributed by atoms with Crippen molar-refractivity contribution in [3.8, 4) is 0 Å². The molecule has 5 nitrogen and oxygen atoms in total. The molecule has 0 heterocycles. The monoisotopic (exact) mass is 334 g/mol. The van der Waals surface area contributed by atoms with Gasteiger partial charge in [0.15, 0.2) is 0 Å². The van der Waals surface area contributed by atoms with E-state index in [0.717, 1.165) is 5.56 Å². The van der Waals surface area contributed by atoms with E-state index in [1.165, 1.54) is 4.31 Å². The Morgan fingerprint density at radius 2 is 2.10 bits per heavy atom. The van der Waals surface area contributed by atoms with Crippen molar-refractivity contribution in [2.24, 2.45) is 0 Å². The van der Waals surface area contributed by atoms with Gasteiger partial charge in [0, 0.05) is 26.2 Å². The molecule has 1 aromatic rings. The number of benzene rings is 1. The van der Waals surface area contributed by atoms with Crippen molar-refractivity contribution < 1.29 is 13.2 Å². The smallest absolute Gasteiger partial charge is 0.244 e. The minimum absolute atomic E-state index is 0.140. The summed E-state index contributed by atoms with van der Waals surface area (Å²) in [6, 6.07) is 4.80. The lowest BCUT2D eigenvalue weighted by atomic mass is 10.2. The van der Waals surface area contributed by atoms with Gasteiger partial charge in [-0.15, -0.1) is 0 Å². The number of halogens is 1. The summed E-state index contributed by atoms with van der Waals surface area (Å²) in [4.78, 5) is 0.140. The second-order valence-corrected chi connectivity index (χ2v) is 7.07. The van der Waals surface area contributed by atoms with E-state index < -0.39 is 10.0 Å². The van der Waals surface area contributed by atoms with E-state index >= 15 is 0 Å². The van der Waals surface area contributed by atoms with Gasteiger partial charge in [-0.3, -0.25) is 0 Å². The fraction of sp³-hybridized carbons (Fsp3) is 0.571. The minimum Gasteiger partial charge on any atom is -0.383 e. The summed E-state index contributed by atoms with van der Waals surface area (Å²) in [6.45, 7) is 4.89. The highest BCUT2D eigenvalue weighted by Gasteiger charge is 2.29. The van der Waals surface area contributed by atoms with Crippen molar-refractivity contribution in [2.75, 3.05) is 27.3 Å². The van der Waals surface area contributed by atoms with Crippen molar-refractivity contribution in [1.29, 1.82) is 0 Å². The third kappa shape index (κ3) is 4.40. The zero-order valence-corrected chi connectivity index (χ0v) is 14.5. The molecule has 0 saturated heterocycles. The molecule has 1 N–H and O–H groups in total. The fourth-order valence-corrected chi connectivity index (χ4v) is 4.38. The number of nitrogens with zero attached hydrogens (tertiary/aromatic N) is 1. The lowest BCUT2D eigenvalue weighted by molar-refractivity contribution is 0.142. The molecule has 0 spiro atoms. The van der Waals surface area contributed by atoms with Crippen LogP contribution in [0.25, 0.3) is 0 Å². The number of likely N-dealkylation sites (N-methyl/N-ethyl adjacent to an activating group) is 1. The van der Waals surface area contributed by atoms with E-state index in [0.29, 0.717) is 19.7 Å². The molecule has 7 heteroatoms. The number of sulfonamides is 1. The highest BCUT2D eigenvalue weighted by atomic mass is 35.5. The molecule has 0 aromatic heterocycles. The van der Waals surface area contributed by atoms with Crippen LogP contribution in [0.4, 0.5) is 0 Å². The lowest BCUT2D eigenvalue weighted by Gasteiger charge is -2.27. The number of hydrogen-bond acceptors (Lipinski definition) is 4. The van der Waals surface area contributed by atoms with Crippen LogP contribution >= 0.6 is 11.6 Å². The van der Waals surface area contributed by atoms with Gasteiger partial charge in [-0.2, -0.15) is 4.31 Å². The van der Waals surface area contributed by atoms with Crippen LogP contribution in [0.3, 0.4) is 0 Å². The predicted octanol–water partition coefficient (Wildman–Crippen LogP) is 2.10. The number of nitrogens with one attached hydrogen (secondary N) is 1. The normalized spacial score (nSPS) is 13.6. The van der Waals surface area contributed by atoms with E-state index in [2.05, 4.69) is 5.32 Å². The summed E-state index contributed by atoms with van der Waals surface area (Å²) >= 11 is 6.11. The summed E-state index contributed by atoms with van der Waals surface area (Å²) in [7, 11) is -0.290. The molecule has 0 aliphatic rings. The second kappa shape index (κ2) is 8.10. The van der Waals surface area contributed by atoms with Gasteiger partial charge in [0.1, 0.15) is 4.90 Å². The molecule has 0 aliphatic carbocycles. The molecule has 0 bridgehead atoms. The Kier molecular flexibility index (Phi) is 7.09. The minimum atomic E-state index is -3.65. The molecule has 1 aromatic carbocycles. The van der Waals surface area contributed by atoms with Crippen LogP contribution in [0.1, 0.15) is 19.4 Å². The maximum absolute atomic E-state index is 12.8. The topological polar surface area (TPSA) is 58.6 Å². The quantitative estimate of drug-likeness (QED) is 0.791. The van der Waals surface area contributed by atoms with E-state index in [1.54, 1.807) is 26.2 Å². The van der Waals surface area contributed by atoms with Crippen LogP contribution in [-0.2, 0) is 21.3 Å². The van der Waals surface area contributed by atoms with Crippen molar-refractivity contribution in [1.82, 2.24) is 9.62 Å². The first-order valence-electron chi connectivity index (χ1n) is 6.82. The maximum atomic E-state index is 12.8. The Labute approximate surface area is 132 Å². The van der Waals surface area contributed by atoms with Gasteiger partial charge in [0.05, 0.1) is 11.6 Å². The Hall–Kier alpha value is -0.660. The highest BCUT2D eigenvalue weighted by Crippen LogP contribution is 2.27. The second-order valence-electron chi connectivity index (χ2n) is 4.81. The molecular weight excluding hydrogens is 312 g/mol. The third-order valence-corrected chi connectivity index (χ3v) is 5.75. The molecule has 1 rings (SSSR count). The summed E-state index contributed by atoms with van der Waals surface area (Å²) < 4.78 is 32.1. The molecule has 1 atom stereocenters. The molecule has 0 saturated carbocycles. The van der Waals surface area contributed by atoms with Crippen LogP contribution in [-0.4, -0.2) is 46.1 Å². The molecule has 0 amide bonds. The van der Waals surface area contributed by atoms with Crippen LogP contribution in [0.15, 0.2) is 23.1 Å². The van der Waals surface area contributed by atoms with Crippen LogP contribution in [0.5, 0.6) is 0 Å². The predicted molar refractivity (Wildman–Crippen MR) is 85.1 cm³/mol. The molecule has 1 unspecified atom stereocenters. The molecule has 0 fully saturated rings. The largest absolute Gasteiger partial charge is 0.383 e. The molecule has 0 aliphatic heterocycles. The van der Waals surface area contributed by atoms with Crippen LogP contribution in [0.2, 0.25) is 5.02 Å². The summed E-state index contributed by atoms with van der Waals surface area (Å²) in [5, 5.41) is 3.23. The summed E-state index contributed by atoms with van der Waals surface area (Å²) in [6.07, 6.45) is 0. The average Bonchev–Trinajstić information content (AvgIpc) is 2.41. The van der Waals surface area contributed by atoms with Crippen molar-refractivity contribution in [2.45, 2.75) is 31.3 Å². The Bertz CT molecular complexity index is 563. The van der Waals surface area contributed by atoms with Gasteiger partial charge in [-0.05, 0) is 31.7 Å². The lowest BCUT2D eigenvalue weighted by Crippen LogP contribution is -2.41. The summed E-state index contributed by atoms with van der Waals surface area (Å²) in [5.41, 5.74) is 0.871. The van der Waals surface area contributed by atoms with Crippen LogP contribution in [0, 0.1) is 0 Å². The molecule has 120 valence electrons. The van der Waals surface area contributed by atoms with Gasteiger partial charge in [-0.1, -0.05) is 24.6 Å². The van der Waals surface area contributed by atoms with Crippen molar-refractivity contribution in [3.63, 3.8) is 0 Å². The summed E-state index contributed by atoms with van der Waals surface area (Å²) in [5.74, 6) is 0. The van der Waals surface area contributed by atoms with E-state index in [1.807, 2.05) is 20.0 Å². The average molecular weight is 335 g/mol. The zero-order chi connectivity index (χ0) is 16.0. The third-order valence-electron chi connectivity index (χ3n) is 3.17. The number of hydrogen-bond donors (Lipinski definition) is 1. The highest BCUT2D eigenvalue weighted by molar-refractivity contribution is 7.89. The first-order chi connectivity index (χ1) is 9.88. The van der Waals surface area contributed by atoms with Gasteiger partial charge in [-0.25, -0.2) is 8.42 Å². The van der Waals surface area contributed by atoms with E-state index in [9.17, 15) is 8.42 Å². The molecule has 21 heavy (non-hydrogen) atoms. The first kappa shape index (κ1) is 18.4. The van der Waals surface area contributed by atoms with Crippen molar-refractivity contribution in [3.05, 3.63) is 28.8 Å². The van der Waals surface area contributed by atoms with E-state index in [-0.39, 0.29) is 16.0 Å². The first-order valence-corrected chi connectivity index (χ1v) is 8.64.